The van der Waals surface area contributed by atoms with Crippen LogP contribution in [0.3, 0.4) is 0 Å². The predicted molar refractivity (Wildman–Crippen MR) is 121 cm³/mol. The van der Waals surface area contributed by atoms with Crippen LogP contribution in [0.4, 0.5) is 5.00 Å². The van der Waals surface area contributed by atoms with Gasteiger partial charge >= 0.3 is 0 Å². The number of thiophene rings is 1. The molecule has 3 rings (SSSR count). The average Bonchev–Trinajstić information content (AvgIpc) is 3.09. The van der Waals surface area contributed by atoms with E-state index in [0.717, 1.165) is 17.7 Å². The Morgan fingerprint density at radius 3 is 2.37 bits per heavy atom. The molecule has 0 radical (unpaired) electrons. The molecule has 0 fully saturated rings. The molecule has 0 unspecified atom stereocenters. The monoisotopic (exact) mass is 509 g/mol. The molecule has 1 heterocycles. The zero-order chi connectivity index (χ0) is 19.2. The van der Waals surface area contributed by atoms with Gasteiger partial charge in [0, 0.05) is 10.4 Å². The topological polar surface area (TPSA) is 46.2 Å². The maximum absolute atomic E-state index is 13.0. The van der Waals surface area contributed by atoms with E-state index in [4.69, 9.17) is 11.6 Å². The highest BCUT2D eigenvalue weighted by Gasteiger charge is 2.20. The van der Waals surface area contributed by atoms with Gasteiger partial charge in [-0.3, -0.25) is 9.59 Å². The molecule has 0 spiro atoms. The Morgan fingerprint density at radius 2 is 1.67 bits per heavy atom. The number of aryl methyl sites for hydroxylation is 2. The number of alkyl halides is 1. The van der Waals surface area contributed by atoms with Crippen LogP contribution in [-0.4, -0.2) is 16.1 Å². The summed E-state index contributed by atoms with van der Waals surface area (Å²) in [5, 5.41) is 3.85. The van der Waals surface area contributed by atoms with Crippen molar-refractivity contribution >= 4 is 62.2 Å². The summed E-state index contributed by atoms with van der Waals surface area (Å²) in [6, 6.07) is 19.0. The van der Waals surface area contributed by atoms with Crippen molar-refractivity contribution in [2.24, 2.45) is 0 Å². The van der Waals surface area contributed by atoms with E-state index >= 15 is 0 Å². The molecular formula is C21H17ClINO2S. The maximum Gasteiger partial charge on any atom is 0.234 e. The minimum Gasteiger partial charge on any atom is -0.316 e. The lowest BCUT2D eigenvalue weighted by Gasteiger charge is -2.05. The Labute approximate surface area is 180 Å². The highest BCUT2D eigenvalue weighted by Crippen LogP contribution is 2.32. The van der Waals surface area contributed by atoms with Crippen molar-refractivity contribution < 1.29 is 9.59 Å². The van der Waals surface area contributed by atoms with Crippen molar-refractivity contribution in [2.75, 3.05) is 9.74 Å². The second kappa shape index (κ2) is 9.48. The van der Waals surface area contributed by atoms with Crippen molar-refractivity contribution in [1.82, 2.24) is 0 Å². The van der Waals surface area contributed by atoms with Gasteiger partial charge in [0.2, 0.25) is 5.91 Å². The zero-order valence-electron chi connectivity index (χ0n) is 14.4. The van der Waals surface area contributed by atoms with E-state index in [-0.39, 0.29) is 11.7 Å². The summed E-state index contributed by atoms with van der Waals surface area (Å²) in [4.78, 5) is 26.0. The Balaban J connectivity index is 1.88. The van der Waals surface area contributed by atoms with Crippen molar-refractivity contribution in [3.05, 3.63) is 87.3 Å². The summed E-state index contributed by atoms with van der Waals surface area (Å²) < 4.78 is 0.328. The molecule has 2 aromatic carbocycles. The Kier molecular flexibility index (Phi) is 7.04. The third-order valence-corrected chi connectivity index (χ3v) is 6.16. The highest BCUT2D eigenvalue weighted by molar-refractivity contribution is 14.1. The molecule has 6 heteroatoms. The molecule has 0 saturated heterocycles. The lowest BCUT2D eigenvalue weighted by atomic mass is 10.0. The van der Waals surface area contributed by atoms with Crippen LogP contribution >= 0.6 is 45.5 Å². The smallest absolute Gasteiger partial charge is 0.234 e. The van der Waals surface area contributed by atoms with Crippen molar-refractivity contribution in [2.45, 2.75) is 12.8 Å². The fourth-order valence-electron chi connectivity index (χ4n) is 2.69. The standard InChI is InChI=1S/C21H17ClINO2S/c22-18-9-5-4-8-16(18)20(26)17-12-15(27-21(17)24-19(25)13-23)11-10-14-6-2-1-3-7-14/h1-9,12H,10-11,13H2,(H,24,25). The van der Waals surface area contributed by atoms with E-state index < -0.39 is 0 Å². The largest absolute Gasteiger partial charge is 0.316 e. The summed E-state index contributed by atoms with van der Waals surface area (Å²) in [7, 11) is 0. The number of rotatable bonds is 7. The number of anilines is 1. The molecule has 27 heavy (non-hydrogen) atoms. The fraction of sp³-hybridized carbons (Fsp3) is 0.143. The quantitative estimate of drug-likeness (QED) is 0.249. The van der Waals surface area contributed by atoms with E-state index in [1.807, 2.05) is 46.9 Å². The van der Waals surface area contributed by atoms with Gasteiger partial charge in [-0.15, -0.1) is 11.3 Å². The van der Waals surface area contributed by atoms with Crippen LogP contribution in [0.25, 0.3) is 0 Å². The van der Waals surface area contributed by atoms with Crippen LogP contribution in [-0.2, 0) is 17.6 Å². The Morgan fingerprint density at radius 1 is 0.963 bits per heavy atom. The zero-order valence-corrected chi connectivity index (χ0v) is 18.1. The summed E-state index contributed by atoms with van der Waals surface area (Å²) >= 11 is 9.65. The number of hydrogen-bond acceptors (Lipinski definition) is 3. The number of benzene rings is 2. The third-order valence-electron chi connectivity index (χ3n) is 4.02. The molecule has 0 aliphatic heterocycles. The second-order valence-electron chi connectivity index (χ2n) is 5.93. The van der Waals surface area contributed by atoms with Crippen LogP contribution in [0.5, 0.6) is 0 Å². The number of carbonyl (C=O) groups excluding carboxylic acids is 2. The molecule has 1 amide bonds. The highest BCUT2D eigenvalue weighted by atomic mass is 127. The molecule has 0 aliphatic rings. The first-order valence-corrected chi connectivity index (χ1v) is 11.1. The van der Waals surface area contributed by atoms with Crippen molar-refractivity contribution in [1.29, 1.82) is 0 Å². The molecule has 0 saturated carbocycles. The van der Waals surface area contributed by atoms with Gasteiger partial charge in [-0.1, -0.05) is 76.7 Å². The van der Waals surface area contributed by atoms with E-state index in [1.54, 1.807) is 24.3 Å². The minimum atomic E-state index is -0.174. The third kappa shape index (κ3) is 5.18. The van der Waals surface area contributed by atoms with E-state index in [0.29, 0.717) is 25.6 Å². The lowest BCUT2D eigenvalue weighted by Crippen LogP contribution is -2.14. The molecular weight excluding hydrogens is 493 g/mol. The maximum atomic E-state index is 13.0. The number of carbonyl (C=O) groups is 2. The van der Waals surface area contributed by atoms with E-state index in [2.05, 4.69) is 17.4 Å². The van der Waals surface area contributed by atoms with Crippen LogP contribution < -0.4 is 5.32 Å². The molecule has 0 atom stereocenters. The van der Waals surface area contributed by atoms with Crippen LogP contribution in [0.1, 0.15) is 26.4 Å². The average molecular weight is 510 g/mol. The molecule has 138 valence electrons. The van der Waals surface area contributed by atoms with Gasteiger partial charge in [0.1, 0.15) is 5.00 Å². The van der Waals surface area contributed by atoms with Gasteiger partial charge in [-0.05, 0) is 36.6 Å². The lowest BCUT2D eigenvalue weighted by molar-refractivity contribution is -0.113. The summed E-state index contributed by atoms with van der Waals surface area (Å²) in [6.45, 7) is 0. The summed E-state index contributed by atoms with van der Waals surface area (Å²) in [6.07, 6.45) is 1.68. The van der Waals surface area contributed by atoms with Crippen LogP contribution in [0.2, 0.25) is 5.02 Å². The summed E-state index contributed by atoms with van der Waals surface area (Å²) in [5.74, 6) is -0.299. The number of ketones is 1. The molecule has 1 aromatic heterocycles. The first-order valence-electron chi connectivity index (χ1n) is 8.40. The number of amides is 1. The first kappa shape index (κ1) is 20.0. The van der Waals surface area contributed by atoms with E-state index in [9.17, 15) is 9.59 Å². The van der Waals surface area contributed by atoms with Gasteiger partial charge in [0.05, 0.1) is 15.0 Å². The van der Waals surface area contributed by atoms with Crippen molar-refractivity contribution in [3.63, 3.8) is 0 Å². The molecule has 3 nitrogen and oxygen atoms in total. The van der Waals surface area contributed by atoms with Crippen LogP contribution in [0.15, 0.2) is 60.7 Å². The normalized spacial score (nSPS) is 10.6. The Hall–Kier alpha value is -1.70. The first-order chi connectivity index (χ1) is 13.1. The van der Waals surface area contributed by atoms with Crippen molar-refractivity contribution in [3.8, 4) is 0 Å². The molecule has 1 N–H and O–H groups in total. The number of hydrogen-bond donors (Lipinski definition) is 1. The molecule has 0 aliphatic carbocycles. The van der Waals surface area contributed by atoms with E-state index in [1.165, 1.54) is 16.9 Å². The number of nitrogens with one attached hydrogen (secondary N) is 1. The summed E-state index contributed by atoms with van der Waals surface area (Å²) in [5.41, 5.74) is 2.17. The SMILES string of the molecule is O=C(CI)Nc1sc(CCc2ccccc2)cc1C(=O)c1ccccc1Cl. The molecule has 3 aromatic rings. The predicted octanol–water partition coefficient (Wildman–Crippen LogP) is 5.79. The van der Waals surface area contributed by atoms with Gasteiger partial charge in [-0.25, -0.2) is 0 Å². The van der Waals surface area contributed by atoms with Crippen LogP contribution in [0, 0.1) is 0 Å². The Bertz CT molecular complexity index is 956. The van der Waals surface area contributed by atoms with Gasteiger partial charge < -0.3 is 5.32 Å². The minimum absolute atomic E-state index is 0.125. The second-order valence-corrected chi connectivity index (χ2v) is 8.24. The number of halogens is 2. The van der Waals surface area contributed by atoms with Gasteiger partial charge in [-0.2, -0.15) is 0 Å². The van der Waals surface area contributed by atoms with Gasteiger partial charge in [0.25, 0.3) is 0 Å². The van der Waals surface area contributed by atoms with Gasteiger partial charge in [0.15, 0.2) is 5.78 Å². The molecule has 0 bridgehead atoms. The fourth-order valence-corrected chi connectivity index (χ4v) is 4.17.